The van der Waals surface area contributed by atoms with E-state index in [0.29, 0.717) is 42.8 Å². The number of hydrogen-bond acceptors (Lipinski definition) is 7. The Morgan fingerprint density at radius 2 is 1.81 bits per heavy atom. The predicted molar refractivity (Wildman–Crippen MR) is 117 cm³/mol. The zero-order valence-electron chi connectivity index (χ0n) is 17.8. The summed E-state index contributed by atoms with van der Waals surface area (Å²) in [6.45, 7) is 7.94. The highest BCUT2D eigenvalue weighted by Crippen LogP contribution is 2.19. The van der Waals surface area contributed by atoms with Crippen molar-refractivity contribution in [2.45, 2.75) is 26.4 Å². The van der Waals surface area contributed by atoms with E-state index in [1.807, 2.05) is 26.8 Å². The topological polar surface area (TPSA) is 101 Å². The number of aromatic nitrogens is 3. The highest BCUT2D eigenvalue weighted by molar-refractivity contribution is 5.79. The van der Waals surface area contributed by atoms with E-state index in [9.17, 15) is 14.7 Å². The van der Waals surface area contributed by atoms with Gasteiger partial charge in [0.05, 0.1) is 22.8 Å². The molecule has 162 valence electrons. The second-order valence-corrected chi connectivity index (χ2v) is 8.45. The van der Waals surface area contributed by atoms with Gasteiger partial charge in [-0.3, -0.25) is 9.36 Å². The van der Waals surface area contributed by atoms with Crippen LogP contribution in [0.4, 0.5) is 10.6 Å². The third-order valence-electron chi connectivity index (χ3n) is 5.01. The molecule has 9 nitrogen and oxygen atoms in total. The zero-order valence-corrected chi connectivity index (χ0v) is 17.8. The van der Waals surface area contributed by atoms with Crippen LogP contribution in [0.1, 0.15) is 20.8 Å². The van der Waals surface area contributed by atoms with Gasteiger partial charge < -0.3 is 19.6 Å². The van der Waals surface area contributed by atoms with Gasteiger partial charge in [0, 0.05) is 26.2 Å². The number of piperazine rings is 1. The van der Waals surface area contributed by atoms with Crippen molar-refractivity contribution in [2.24, 2.45) is 0 Å². The van der Waals surface area contributed by atoms with Crippen LogP contribution in [0, 0.1) is 0 Å². The number of phenols is 1. The molecule has 0 atom stereocenters. The lowest BCUT2D eigenvalue weighted by Gasteiger charge is -2.36. The van der Waals surface area contributed by atoms with Gasteiger partial charge in [0.25, 0.3) is 5.56 Å². The monoisotopic (exact) mass is 423 g/mol. The summed E-state index contributed by atoms with van der Waals surface area (Å²) < 4.78 is 6.83. The molecule has 3 aromatic rings. The van der Waals surface area contributed by atoms with Crippen molar-refractivity contribution in [3.8, 4) is 11.4 Å². The van der Waals surface area contributed by atoms with Crippen LogP contribution in [0.5, 0.6) is 5.75 Å². The maximum atomic E-state index is 12.8. The molecule has 2 aromatic heterocycles. The minimum Gasteiger partial charge on any atom is -0.508 e. The Hall–Kier alpha value is -3.62. The van der Waals surface area contributed by atoms with Gasteiger partial charge in [-0.1, -0.05) is 0 Å². The number of aromatic hydroxyl groups is 1. The largest absolute Gasteiger partial charge is 0.508 e. The van der Waals surface area contributed by atoms with Crippen LogP contribution in [0.2, 0.25) is 0 Å². The number of nitrogens with zero attached hydrogens (tertiary/aromatic N) is 5. The van der Waals surface area contributed by atoms with Crippen LogP contribution in [0.25, 0.3) is 16.6 Å². The fourth-order valence-electron chi connectivity index (χ4n) is 3.45. The molecule has 9 heteroatoms. The van der Waals surface area contributed by atoms with Crippen molar-refractivity contribution in [3.05, 3.63) is 53.2 Å². The number of hydrogen-bond donors (Lipinski definition) is 1. The van der Waals surface area contributed by atoms with Crippen molar-refractivity contribution in [1.29, 1.82) is 0 Å². The molecule has 0 aliphatic carbocycles. The Balaban J connectivity index is 1.47. The molecule has 1 aliphatic heterocycles. The van der Waals surface area contributed by atoms with E-state index in [2.05, 4.69) is 14.9 Å². The van der Waals surface area contributed by atoms with Gasteiger partial charge in [0.2, 0.25) is 0 Å². The first-order chi connectivity index (χ1) is 14.7. The molecule has 4 rings (SSSR count). The molecule has 3 heterocycles. The quantitative estimate of drug-likeness (QED) is 0.676. The van der Waals surface area contributed by atoms with Crippen molar-refractivity contribution in [2.75, 3.05) is 31.1 Å². The maximum absolute atomic E-state index is 12.8. The summed E-state index contributed by atoms with van der Waals surface area (Å²) in [5, 5.41) is 10.0. The van der Waals surface area contributed by atoms with E-state index < -0.39 is 5.60 Å². The summed E-state index contributed by atoms with van der Waals surface area (Å²) in [7, 11) is 0. The van der Waals surface area contributed by atoms with E-state index in [0.717, 1.165) is 5.82 Å². The van der Waals surface area contributed by atoms with Crippen molar-refractivity contribution >= 4 is 22.8 Å². The molecule has 0 bridgehead atoms. The standard InChI is InChI=1S/C22H25N5O4/c1-22(2,3)31-21(30)26-10-8-25(9-11-26)19-7-4-15(13-23-19)27-14-24-18-6-5-16(28)12-17(18)20(27)29/h4-7,12-14,28H,8-11H2,1-3H3. The average Bonchev–Trinajstić information content (AvgIpc) is 2.74. The number of ether oxygens (including phenoxy) is 1. The number of amides is 1. The summed E-state index contributed by atoms with van der Waals surface area (Å²) in [6.07, 6.45) is 2.77. The minimum absolute atomic E-state index is 0.0168. The molecular formula is C22H25N5O4. The van der Waals surface area contributed by atoms with Gasteiger partial charge in [-0.05, 0) is 51.1 Å². The number of pyridine rings is 1. The lowest BCUT2D eigenvalue weighted by molar-refractivity contribution is 0.0240. The summed E-state index contributed by atoms with van der Waals surface area (Å²) in [5.74, 6) is 0.787. The highest BCUT2D eigenvalue weighted by Gasteiger charge is 2.26. The lowest BCUT2D eigenvalue weighted by Crippen LogP contribution is -2.50. The molecule has 0 saturated carbocycles. The zero-order chi connectivity index (χ0) is 22.2. The van der Waals surface area contributed by atoms with Crippen molar-refractivity contribution in [3.63, 3.8) is 0 Å². The Kier molecular flexibility index (Phi) is 5.26. The van der Waals surface area contributed by atoms with Gasteiger partial charge in [0.15, 0.2) is 0 Å². The van der Waals surface area contributed by atoms with Gasteiger partial charge in [-0.2, -0.15) is 0 Å². The molecular weight excluding hydrogens is 398 g/mol. The van der Waals surface area contributed by atoms with E-state index in [1.54, 1.807) is 23.2 Å². The Bertz CT molecular complexity index is 1160. The number of fused-ring (bicyclic) bond motifs is 1. The van der Waals surface area contributed by atoms with Gasteiger partial charge in [-0.15, -0.1) is 0 Å². The number of rotatable bonds is 2. The number of carbonyl (C=O) groups is 1. The molecule has 1 saturated heterocycles. The fourth-order valence-corrected chi connectivity index (χ4v) is 3.45. The molecule has 31 heavy (non-hydrogen) atoms. The first kappa shape index (κ1) is 20.6. The Morgan fingerprint density at radius 1 is 1.06 bits per heavy atom. The number of anilines is 1. The van der Waals surface area contributed by atoms with Gasteiger partial charge in [-0.25, -0.2) is 14.8 Å². The SMILES string of the molecule is CC(C)(C)OC(=O)N1CCN(c2ccc(-n3cnc4ccc(O)cc4c3=O)cn2)CC1. The van der Waals surface area contributed by atoms with Crippen LogP contribution in [0.3, 0.4) is 0 Å². The lowest BCUT2D eigenvalue weighted by atomic mass is 10.2. The molecule has 1 fully saturated rings. The highest BCUT2D eigenvalue weighted by atomic mass is 16.6. The molecule has 1 aromatic carbocycles. The normalized spacial score (nSPS) is 14.7. The molecule has 1 N–H and O–H groups in total. The van der Waals surface area contributed by atoms with Crippen LogP contribution in [-0.2, 0) is 4.74 Å². The average molecular weight is 423 g/mol. The molecule has 0 unspecified atom stereocenters. The van der Waals surface area contributed by atoms with Crippen LogP contribution < -0.4 is 10.5 Å². The summed E-state index contributed by atoms with van der Waals surface area (Å²) in [4.78, 5) is 37.6. The van der Waals surface area contributed by atoms with Crippen LogP contribution in [0.15, 0.2) is 47.7 Å². The van der Waals surface area contributed by atoms with Gasteiger partial charge >= 0.3 is 6.09 Å². The van der Waals surface area contributed by atoms with E-state index in [-0.39, 0.29) is 17.4 Å². The summed E-state index contributed by atoms with van der Waals surface area (Å²) >= 11 is 0. The minimum atomic E-state index is -0.514. The van der Waals surface area contributed by atoms with Crippen LogP contribution >= 0.6 is 0 Å². The van der Waals surface area contributed by atoms with E-state index in [1.165, 1.54) is 23.0 Å². The fraction of sp³-hybridized carbons (Fsp3) is 0.364. The molecule has 0 radical (unpaired) electrons. The third kappa shape index (κ3) is 4.45. The van der Waals surface area contributed by atoms with E-state index >= 15 is 0 Å². The maximum Gasteiger partial charge on any atom is 0.410 e. The third-order valence-corrected chi connectivity index (χ3v) is 5.01. The summed E-state index contributed by atoms with van der Waals surface area (Å²) in [6, 6.07) is 8.16. The second kappa shape index (κ2) is 7.90. The smallest absolute Gasteiger partial charge is 0.410 e. The first-order valence-electron chi connectivity index (χ1n) is 10.1. The first-order valence-corrected chi connectivity index (χ1v) is 10.1. The van der Waals surface area contributed by atoms with Crippen molar-refractivity contribution < 1.29 is 14.6 Å². The molecule has 1 amide bonds. The Labute approximate surface area is 179 Å². The molecule has 0 spiro atoms. The Morgan fingerprint density at radius 3 is 2.45 bits per heavy atom. The molecule has 1 aliphatic rings. The number of benzene rings is 1. The van der Waals surface area contributed by atoms with Crippen molar-refractivity contribution in [1.82, 2.24) is 19.4 Å². The van der Waals surface area contributed by atoms with Gasteiger partial charge in [0.1, 0.15) is 23.5 Å². The van der Waals surface area contributed by atoms with Crippen LogP contribution in [-0.4, -0.2) is 62.4 Å². The number of carbonyl (C=O) groups excluding carboxylic acids is 1. The predicted octanol–water partition coefficient (Wildman–Crippen LogP) is 2.54. The number of phenolic OH excluding ortho intramolecular Hbond substituents is 1. The summed E-state index contributed by atoms with van der Waals surface area (Å²) in [5.41, 5.74) is 0.312. The van der Waals surface area contributed by atoms with E-state index in [4.69, 9.17) is 4.74 Å². The second-order valence-electron chi connectivity index (χ2n) is 8.45.